The van der Waals surface area contributed by atoms with E-state index in [9.17, 15) is 13.2 Å². The maximum Gasteiger partial charge on any atom is 0.339 e. The van der Waals surface area contributed by atoms with Gasteiger partial charge in [0.05, 0.1) is 10.2 Å². The Morgan fingerprint density at radius 2 is 1.76 bits per heavy atom. The van der Waals surface area contributed by atoms with E-state index in [4.69, 9.17) is 9.92 Å². The van der Waals surface area contributed by atoms with Gasteiger partial charge >= 0.3 is 10.1 Å². The van der Waals surface area contributed by atoms with Crippen molar-refractivity contribution in [1.82, 2.24) is 10.3 Å². The summed E-state index contributed by atoms with van der Waals surface area (Å²) in [5.41, 5.74) is 6.98. The minimum Gasteiger partial charge on any atom is -0.384 e. The molecule has 11 heteroatoms. The quantitative estimate of drug-likeness (QED) is 0.150. The summed E-state index contributed by atoms with van der Waals surface area (Å²) in [6, 6.07) is 11.7. The van der Waals surface area contributed by atoms with Crippen molar-refractivity contribution >= 4 is 48.4 Å². The van der Waals surface area contributed by atoms with Gasteiger partial charge in [-0.15, -0.1) is 0 Å². The first-order chi connectivity index (χ1) is 17.8. The molecule has 202 valence electrons. The average Bonchev–Trinajstić information content (AvgIpc) is 3.25. The molecule has 5 N–H and O–H groups in total. The molecule has 0 aliphatic carbocycles. The van der Waals surface area contributed by atoms with Crippen LogP contribution in [0.25, 0.3) is 10.2 Å². The summed E-state index contributed by atoms with van der Waals surface area (Å²) in [7, 11) is -4.00. The second-order valence-corrected chi connectivity index (χ2v) is 11.7. The van der Waals surface area contributed by atoms with Crippen LogP contribution in [-0.2, 0) is 14.9 Å². The van der Waals surface area contributed by atoms with Gasteiger partial charge in [-0.2, -0.15) is 8.42 Å². The Balaban J connectivity index is 1.54. The molecule has 9 nitrogen and oxygen atoms in total. The van der Waals surface area contributed by atoms with Crippen molar-refractivity contribution < 1.29 is 17.4 Å². The Labute approximate surface area is 223 Å². The highest BCUT2D eigenvalue weighted by atomic mass is 32.2. The van der Waals surface area contributed by atoms with Gasteiger partial charge in [0.15, 0.2) is 5.13 Å². The smallest absolute Gasteiger partial charge is 0.339 e. The number of aromatic nitrogens is 1. The second-order valence-electron chi connectivity index (χ2n) is 9.10. The minimum atomic E-state index is -4.00. The summed E-state index contributed by atoms with van der Waals surface area (Å²) >= 11 is 1.28. The summed E-state index contributed by atoms with van der Waals surface area (Å²) < 4.78 is 31.7. The molecule has 1 aromatic heterocycles. The highest BCUT2D eigenvalue weighted by Crippen LogP contribution is 2.31. The van der Waals surface area contributed by atoms with E-state index in [2.05, 4.69) is 34.8 Å². The van der Waals surface area contributed by atoms with E-state index in [-0.39, 0.29) is 16.6 Å². The molecule has 0 aliphatic heterocycles. The van der Waals surface area contributed by atoms with Crippen molar-refractivity contribution in [2.45, 2.75) is 63.3 Å². The standard InChI is InChI=1S/C26H37N5O4S2/c1-19(2)28-16-17-29-20-9-12-22(13-10-20)37(33,34)35-21-11-14-23-24(18-21)36-26(30-23)31-25(32)8-6-4-3-5-7-15-27/h9-14,18-19,28-29H,3-8,15-17,27H2,1-2H3,(H,30,31,32). The molecule has 3 aromatic rings. The molecular formula is C26H37N5O4S2. The van der Waals surface area contributed by atoms with Crippen LogP contribution >= 0.6 is 11.3 Å². The lowest BCUT2D eigenvalue weighted by Gasteiger charge is -2.11. The molecule has 0 spiro atoms. The first kappa shape index (κ1) is 28.8. The number of unbranched alkanes of at least 4 members (excludes halogenated alkanes) is 4. The third-order valence-electron chi connectivity index (χ3n) is 5.57. The molecule has 1 amide bonds. The largest absolute Gasteiger partial charge is 0.384 e. The summed E-state index contributed by atoms with van der Waals surface area (Å²) in [6.45, 7) is 6.41. The number of carbonyl (C=O) groups excluding carboxylic acids is 1. The maximum atomic E-state index is 12.8. The molecule has 0 aliphatic rings. The van der Waals surface area contributed by atoms with Gasteiger partial charge in [-0.25, -0.2) is 4.98 Å². The van der Waals surface area contributed by atoms with Crippen LogP contribution in [0.4, 0.5) is 10.8 Å². The summed E-state index contributed by atoms with van der Waals surface area (Å²) in [5, 5.41) is 9.88. The maximum absolute atomic E-state index is 12.8. The summed E-state index contributed by atoms with van der Waals surface area (Å²) in [6.07, 6.45) is 5.45. The second kappa shape index (κ2) is 14.3. The molecule has 2 aromatic carbocycles. The van der Waals surface area contributed by atoms with Crippen LogP contribution in [0.15, 0.2) is 47.4 Å². The number of fused-ring (bicyclic) bond motifs is 1. The van der Waals surface area contributed by atoms with E-state index in [1.165, 1.54) is 23.5 Å². The molecule has 37 heavy (non-hydrogen) atoms. The van der Waals surface area contributed by atoms with Gasteiger partial charge in [0, 0.05) is 37.3 Å². The number of hydrogen-bond donors (Lipinski definition) is 4. The molecule has 3 rings (SSSR count). The number of thiazole rings is 1. The Hall–Kier alpha value is -2.73. The van der Waals surface area contributed by atoms with Crippen LogP contribution in [0.3, 0.4) is 0 Å². The van der Waals surface area contributed by atoms with E-state index in [1.807, 2.05) is 0 Å². The molecule has 0 fully saturated rings. The fourth-order valence-corrected chi connectivity index (χ4v) is 5.47. The number of hydrogen-bond acceptors (Lipinski definition) is 9. The fraction of sp³-hybridized carbons (Fsp3) is 0.462. The van der Waals surface area contributed by atoms with E-state index in [0.29, 0.717) is 29.7 Å². The van der Waals surface area contributed by atoms with E-state index in [0.717, 1.165) is 55.6 Å². The zero-order chi connectivity index (χ0) is 26.7. The molecule has 1 heterocycles. The predicted octanol–water partition coefficient (Wildman–Crippen LogP) is 4.71. The average molecular weight is 548 g/mol. The Kier molecular flexibility index (Phi) is 11.1. The third-order valence-corrected chi connectivity index (χ3v) is 7.76. The van der Waals surface area contributed by atoms with Gasteiger partial charge in [-0.05, 0) is 55.8 Å². The van der Waals surface area contributed by atoms with Crippen LogP contribution < -0.4 is 25.9 Å². The number of benzene rings is 2. The topological polar surface area (TPSA) is 135 Å². The van der Waals surface area contributed by atoms with E-state index < -0.39 is 10.1 Å². The van der Waals surface area contributed by atoms with Gasteiger partial charge < -0.3 is 25.9 Å². The number of nitrogens with one attached hydrogen (secondary N) is 3. The molecular weight excluding hydrogens is 510 g/mol. The van der Waals surface area contributed by atoms with Gasteiger partial charge in [0.25, 0.3) is 0 Å². The molecule has 0 atom stereocenters. The number of nitrogens with two attached hydrogens (primary N) is 1. The van der Waals surface area contributed by atoms with Crippen LogP contribution in [0, 0.1) is 0 Å². The number of amides is 1. The first-order valence-corrected chi connectivity index (χ1v) is 14.9. The highest BCUT2D eigenvalue weighted by molar-refractivity contribution is 7.87. The summed E-state index contributed by atoms with van der Waals surface area (Å²) in [5.74, 6) is 0.111. The predicted molar refractivity (Wildman–Crippen MR) is 151 cm³/mol. The molecule has 0 bridgehead atoms. The Morgan fingerprint density at radius 1 is 1.03 bits per heavy atom. The van der Waals surface area contributed by atoms with Crippen LogP contribution in [-0.4, -0.2) is 45.0 Å². The zero-order valence-electron chi connectivity index (χ0n) is 21.5. The molecule has 0 saturated heterocycles. The highest BCUT2D eigenvalue weighted by Gasteiger charge is 2.18. The van der Waals surface area contributed by atoms with Crippen molar-refractivity contribution in [1.29, 1.82) is 0 Å². The van der Waals surface area contributed by atoms with Crippen molar-refractivity contribution in [3.63, 3.8) is 0 Å². The third kappa shape index (κ3) is 9.58. The number of carbonyl (C=O) groups is 1. The molecule has 0 radical (unpaired) electrons. The van der Waals surface area contributed by atoms with Gasteiger partial charge in [0.2, 0.25) is 5.91 Å². The number of nitrogens with zero attached hydrogens (tertiary/aromatic N) is 1. The van der Waals surface area contributed by atoms with Crippen molar-refractivity contribution in [2.75, 3.05) is 30.3 Å². The van der Waals surface area contributed by atoms with Crippen LogP contribution in [0.5, 0.6) is 5.75 Å². The minimum absolute atomic E-state index is 0.0683. The molecule has 0 saturated carbocycles. The van der Waals surface area contributed by atoms with Gasteiger partial charge in [-0.1, -0.05) is 44.4 Å². The monoisotopic (exact) mass is 547 g/mol. The Bertz CT molecular complexity index is 1240. The van der Waals surface area contributed by atoms with Gasteiger partial charge in [0.1, 0.15) is 10.6 Å². The number of rotatable bonds is 16. The van der Waals surface area contributed by atoms with Crippen LogP contribution in [0.1, 0.15) is 52.4 Å². The fourth-order valence-electron chi connectivity index (χ4n) is 3.63. The lowest BCUT2D eigenvalue weighted by molar-refractivity contribution is -0.116. The Morgan fingerprint density at radius 3 is 2.49 bits per heavy atom. The first-order valence-electron chi connectivity index (χ1n) is 12.7. The lowest BCUT2D eigenvalue weighted by Crippen LogP contribution is -2.28. The van der Waals surface area contributed by atoms with E-state index >= 15 is 0 Å². The SMILES string of the molecule is CC(C)NCCNc1ccc(S(=O)(=O)Oc2ccc3nc(NC(=O)CCCCCCCN)sc3c2)cc1. The zero-order valence-corrected chi connectivity index (χ0v) is 23.1. The van der Waals surface area contributed by atoms with E-state index in [1.54, 1.807) is 30.3 Å². The summed E-state index contributed by atoms with van der Waals surface area (Å²) in [4.78, 5) is 16.7. The molecule has 0 unspecified atom stereocenters. The normalized spacial score (nSPS) is 11.7. The number of anilines is 2. The van der Waals surface area contributed by atoms with Crippen molar-refractivity contribution in [2.24, 2.45) is 5.73 Å². The van der Waals surface area contributed by atoms with Crippen LogP contribution in [0.2, 0.25) is 0 Å². The van der Waals surface area contributed by atoms with Crippen molar-refractivity contribution in [3.05, 3.63) is 42.5 Å². The van der Waals surface area contributed by atoms with Crippen molar-refractivity contribution in [3.8, 4) is 5.75 Å². The van der Waals surface area contributed by atoms with Gasteiger partial charge in [-0.3, -0.25) is 4.79 Å². The lowest BCUT2D eigenvalue weighted by atomic mass is 10.1.